The van der Waals surface area contributed by atoms with Gasteiger partial charge in [0.2, 0.25) is 0 Å². The molecular weight excluding hydrogens is 298 g/mol. The van der Waals surface area contributed by atoms with Gasteiger partial charge in [0, 0.05) is 6.42 Å². The van der Waals surface area contributed by atoms with E-state index < -0.39 is 0 Å². The predicted octanol–water partition coefficient (Wildman–Crippen LogP) is 5.39. The maximum Gasteiger partial charge on any atom is 0.306 e. The summed E-state index contributed by atoms with van der Waals surface area (Å²) >= 11 is 0. The van der Waals surface area contributed by atoms with Gasteiger partial charge < -0.3 is 10.5 Å². The largest absolute Gasteiger partial charge is 0.462 e. The molecule has 0 spiro atoms. The number of hydrogen-bond acceptors (Lipinski definition) is 3. The second-order valence-electron chi connectivity index (χ2n) is 6.06. The molecule has 1 atom stereocenters. The Balaban J connectivity index is 0. The summed E-state index contributed by atoms with van der Waals surface area (Å²) in [5, 5.41) is 0. The summed E-state index contributed by atoms with van der Waals surface area (Å²) in [5.41, 5.74) is 5.45. The van der Waals surface area contributed by atoms with Crippen molar-refractivity contribution in [2.45, 2.75) is 103 Å². The molecule has 0 saturated carbocycles. The van der Waals surface area contributed by atoms with Crippen LogP contribution in [0, 0.1) is 0 Å². The smallest absolute Gasteiger partial charge is 0.306 e. The summed E-state index contributed by atoms with van der Waals surface area (Å²) in [7, 11) is 0. The van der Waals surface area contributed by atoms with Gasteiger partial charge in [0.15, 0.2) is 0 Å². The predicted molar refractivity (Wildman–Crippen MR) is 97.6 cm³/mol. The first-order valence-corrected chi connectivity index (χ1v) is 9.14. The third-order valence-electron chi connectivity index (χ3n) is 3.87. The van der Waals surface area contributed by atoms with Gasteiger partial charge in [-0.3, -0.25) is 4.79 Å². The Morgan fingerprint density at radius 2 is 1.50 bits per heavy atom. The lowest BCUT2D eigenvalue weighted by atomic mass is 10.0. The van der Waals surface area contributed by atoms with Crippen LogP contribution in [0.4, 0.5) is 0 Å². The van der Waals surface area contributed by atoms with Crippen LogP contribution in [0.25, 0.3) is 0 Å². The van der Waals surface area contributed by atoms with Crippen molar-refractivity contribution in [2.24, 2.45) is 5.73 Å². The van der Waals surface area contributed by atoms with E-state index in [1.165, 1.54) is 38.5 Å². The molecular formula is C18H38ClNO2. The highest BCUT2D eigenvalue weighted by atomic mass is 35.5. The van der Waals surface area contributed by atoms with Crippen molar-refractivity contribution in [3.05, 3.63) is 0 Å². The average molecular weight is 336 g/mol. The van der Waals surface area contributed by atoms with E-state index in [0.29, 0.717) is 13.0 Å². The van der Waals surface area contributed by atoms with Crippen molar-refractivity contribution in [1.29, 1.82) is 0 Å². The van der Waals surface area contributed by atoms with Gasteiger partial charge >= 0.3 is 5.97 Å². The SMILES string of the molecule is CCCCCCCCC(CCC)OC(=O)CCCCCN.Cl. The Labute approximate surface area is 144 Å². The van der Waals surface area contributed by atoms with Crippen LogP contribution in [0.5, 0.6) is 0 Å². The van der Waals surface area contributed by atoms with E-state index in [-0.39, 0.29) is 24.5 Å². The second kappa shape index (κ2) is 18.8. The Morgan fingerprint density at radius 3 is 2.14 bits per heavy atom. The number of carbonyl (C=O) groups excluding carboxylic acids is 1. The number of nitrogens with two attached hydrogens (primary N) is 1. The van der Waals surface area contributed by atoms with Crippen molar-refractivity contribution in [3.63, 3.8) is 0 Å². The van der Waals surface area contributed by atoms with Crippen LogP contribution in [0.15, 0.2) is 0 Å². The van der Waals surface area contributed by atoms with Crippen molar-refractivity contribution in [2.75, 3.05) is 6.54 Å². The van der Waals surface area contributed by atoms with Gasteiger partial charge in [-0.15, -0.1) is 12.4 Å². The molecule has 134 valence electrons. The van der Waals surface area contributed by atoms with Crippen LogP contribution in [0.1, 0.15) is 97.3 Å². The summed E-state index contributed by atoms with van der Waals surface area (Å²) in [4.78, 5) is 11.8. The van der Waals surface area contributed by atoms with Crippen molar-refractivity contribution in [1.82, 2.24) is 0 Å². The van der Waals surface area contributed by atoms with E-state index in [1.54, 1.807) is 0 Å². The zero-order valence-electron chi connectivity index (χ0n) is 14.8. The van der Waals surface area contributed by atoms with Crippen LogP contribution < -0.4 is 5.73 Å². The Bertz CT molecular complexity index is 237. The fourth-order valence-corrected chi connectivity index (χ4v) is 2.57. The molecule has 0 aliphatic carbocycles. The highest BCUT2D eigenvalue weighted by molar-refractivity contribution is 5.85. The van der Waals surface area contributed by atoms with Gasteiger partial charge in [-0.05, 0) is 38.6 Å². The van der Waals surface area contributed by atoms with Crippen LogP contribution in [0.3, 0.4) is 0 Å². The highest BCUT2D eigenvalue weighted by Gasteiger charge is 2.13. The minimum absolute atomic E-state index is 0. The first-order chi connectivity index (χ1) is 10.2. The fourth-order valence-electron chi connectivity index (χ4n) is 2.57. The normalized spacial score (nSPS) is 11.8. The quantitative estimate of drug-likeness (QED) is 0.322. The number of hydrogen-bond donors (Lipinski definition) is 1. The Kier molecular flexibility index (Phi) is 20.5. The number of rotatable bonds is 15. The van der Waals surface area contributed by atoms with Gasteiger partial charge in [-0.25, -0.2) is 0 Å². The standard InChI is InChI=1S/C18H37NO2.ClH/c1-3-5-6-7-8-10-14-17(13-4-2)21-18(20)15-11-9-12-16-19;/h17H,3-16,19H2,1-2H3;1H. The van der Waals surface area contributed by atoms with Gasteiger partial charge in [0.1, 0.15) is 6.10 Å². The number of esters is 1. The Morgan fingerprint density at radius 1 is 0.864 bits per heavy atom. The Hall–Kier alpha value is -0.280. The molecule has 22 heavy (non-hydrogen) atoms. The minimum atomic E-state index is -0.0172. The number of halogens is 1. The number of ether oxygens (including phenoxy) is 1. The lowest BCUT2D eigenvalue weighted by Gasteiger charge is -2.17. The maximum absolute atomic E-state index is 11.8. The summed E-state index contributed by atoms with van der Waals surface area (Å²) in [6.45, 7) is 5.11. The molecule has 0 aromatic rings. The minimum Gasteiger partial charge on any atom is -0.462 e. The molecule has 0 aromatic heterocycles. The van der Waals surface area contributed by atoms with E-state index >= 15 is 0 Å². The fraction of sp³-hybridized carbons (Fsp3) is 0.944. The van der Waals surface area contributed by atoms with Crippen molar-refractivity contribution >= 4 is 18.4 Å². The molecule has 0 aromatic carbocycles. The lowest BCUT2D eigenvalue weighted by Crippen LogP contribution is -2.18. The maximum atomic E-state index is 11.8. The first kappa shape index (κ1) is 24.0. The van der Waals surface area contributed by atoms with Crippen LogP contribution in [0.2, 0.25) is 0 Å². The molecule has 0 aliphatic rings. The number of carbonyl (C=O) groups is 1. The molecule has 0 radical (unpaired) electrons. The zero-order chi connectivity index (χ0) is 15.8. The van der Waals surface area contributed by atoms with E-state index in [2.05, 4.69) is 13.8 Å². The van der Waals surface area contributed by atoms with Crippen LogP contribution in [-0.4, -0.2) is 18.6 Å². The van der Waals surface area contributed by atoms with Crippen LogP contribution in [-0.2, 0) is 9.53 Å². The number of unbranched alkanes of at least 4 members (excludes halogenated alkanes) is 7. The van der Waals surface area contributed by atoms with Crippen molar-refractivity contribution in [3.8, 4) is 0 Å². The molecule has 0 aliphatic heterocycles. The third-order valence-corrected chi connectivity index (χ3v) is 3.87. The van der Waals surface area contributed by atoms with Gasteiger partial charge in [0.25, 0.3) is 0 Å². The van der Waals surface area contributed by atoms with Gasteiger partial charge in [-0.1, -0.05) is 58.8 Å². The summed E-state index contributed by atoms with van der Waals surface area (Å²) in [6.07, 6.45) is 14.5. The summed E-state index contributed by atoms with van der Waals surface area (Å²) < 4.78 is 5.63. The molecule has 4 heteroatoms. The third kappa shape index (κ3) is 16.1. The van der Waals surface area contributed by atoms with Gasteiger partial charge in [0.05, 0.1) is 0 Å². The molecule has 0 amide bonds. The summed E-state index contributed by atoms with van der Waals surface area (Å²) in [6, 6.07) is 0. The van der Waals surface area contributed by atoms with E-state index in [1.807, 2.05) is 0 Å². The van der Waals surface area contributed by atoms with E-state index in [0.717, 1.165) is 38.5 Å². The topological polar surface area (TPSA) is 52.3 Å². The first-order valence-electron chi connectivity index (χ1n) is 9.14. The molecule has 0 heterocycles. The molecule has 0 rings (SSSR count). The van der Waals surface area contributed by atoms with Crippen LogP contribution >= 0.6 is 12.4 Å². The molecule has 3 nitrogen and oxygen atoms in total. The second-order valence-corrected chi connectivity index (χ2v) is 6.06. The molecule has 0 bridgehead atoms. The lowest BCUT2D eigenvalue weighted by molar-refractivity contribution is -0.150. The van der Waals surface area contributed by atoms with Crippen molar-refractivity contribution < 1.29 is 9.53 Å². The molecule has 0 saturated heterocycles. The molecule has 2 N–H and O–H groups in total. The molecule has 1 unspecified atom stereocenters. The van der Waals surface area contributed by atoms with E-state index in [4.69, 9.17) is 10.5 Å². The van der Waals surface area contributed by atoms with E-state index in [9.17, 15) is 4.79 Å². The molecule has 0 fully saturated rings. The van der Waals surface area contributed by atoms with Gasteiger partial charge in [-0.2, -0.15) is 0 Å². The zero-order valence-corrected chi connectivity index (χ0v) is 15.6. The highest BCUT2D eigenvalue weighted by Crippen LogP contribution is 2.15. The average Bonchev–Trinajstić information content (AvgIpc) is 2.47. The monoisotopic (exact) mass is 335 g/mol. The summed E-state index contributed by atoms with van der Waals surface area (Å²) in [5.74, 6) is -0.0172.